The molecule has 0 rings (SSSR count). The minimum atomic E-state index is -0.822. The average molecular weight is 903 g/mol. The first kappa shape index (κ1) is 61.3. The lowest BCUT2D eigenvalue weighted by Gasteiger charge is -2.18. The molecule has 6 heteroatoms. The zero-order valence-electron chi connectivity index (χ0n) is 42.2. The van der Waals surface area contributed by atoms with Crippen LogP contribution in [0.3, 0.4) is 0 Å². The molecule has 6 nitrogen and oxygen atoms in total. The number of carbonyl (C=O) groups excluding carboxylic acids is 3. The third-order valence-corrected chi connectivity index (χ3v) is 11.1. The second-order valence-corrected chi connectivity index (χ2v) is 17.4. The molecule has 0 fully saturated rings. The highest BCUT2D eigenvalue weighted by atomic mass is 16.6. The van der Waals surface area contributed by atoms with Gasteiger partial charge in [0, 0.05) is 19.3 Å². The van der Waals surface area contributed by atoms with Crippen LogP contribution in [0.2, 0.25) is 0 Å². The highest BCUT2D eigenvalue weighted by Gasteiger charge is 2.19. The summed E-state index contributed by atoms with van der Waals surface area (Å²) in [5, 5.41) is 0. The smallest absolute Gasteiger partial charge is 0.306 e. The molecular formula is C59H98O6. The number of rotatable bonds is 47. The molecule has 65 heavy (non-hydrogen) atoms. The van der Waals surface area contributed by atoms with Gasteiger partial charge in [0.05, 0.1) is 0 Å². The molecule has 0 aliphatic heterocycles. The van der Waals surface area contributed by atoms with Gasteiger partial charge in [0.1, 0.15) is 13.2 Å². The van der Waals surface area contributed by atoms with Crippen molar-refractivity contribution in [2.24, 2.45) is 0 Å². The molecule has 0 saturated carbocycles. The lowest BCUT2D eigenvalue weighted by molar-refractivity contribution is -0.167. The number of carbonyl (C=O) groups is 3. The van der Waals surface area contributed by atoms with E-state index in [2.05, 4.69) is 118 Å². The average Bonchev–Trinajstić information content (AvgIpc) is 3.30. The number of hydrogen-bond donors (Lipinski definition) is 0. The maximum Gasteiger partial charge on any atom is 0.306 e. The predicted molar refractivity (Wildman–Crippen MR) is 279 cm³/mol. The van der Waals surface area contributed by atoms with Gasteiger partial charge in [-0.15, -0.1) is 0 Å². The Hall–Kier alpha value is -3.67. The van der Waals surface area contributed by atoms with Gasteiger partial charge >= 0.3 is 17.9 Å². The maximum absolute atomic E-state index is 12.8. The summed E-state index contributed by atoms with van der Waals surface area (Å²) in [7, 11) is 0. The van der Waals surface area contributed by atoms with Crippen LogP contribution >= 0.6 is 0 Å². The zero-order chi connectivity index (χ0) is 47.2. The first-order valence-corrected chi connectivity index (χ1v) is 26.7. The summed E-state index contributed by atoms with van der Waals surface area (Å²) < 4.78 is 16.7. The molecule has 0 bridgehead atoms. The van der Waals surface area contributed by atoms with E-state index in [1.165, 1.54) is 103 Å². The Bertz CT molecular complexity index is 1310. The molecule has 0 aliphatic rings. The topological polar surface area (TPSA) is 78.9 Å². The number of allylic oxidation sites excluding steroid dienone is 16. The van der Waals surface area contributed by atoms with Crippen molar-refractivity contribution in [3.8, 4) is 0 Å². The summed E-state index contributed by atoms with van der Waals surface area (Å²) in [4.78, 5) is 38.0. The Kier molecular flexibility index (Phi) is 50.0. The summed E-state index contributed by atoms with van der Waals surface area (Å²) in [6.07, 6.45) is 69.7. The third kappa shape index (κ3) is 51.2. The number of esters is 3. The highest BCUT2D eigenvalue weighted by molar-refractivity contribution is 5.71. The van der Waals surface area contributed by atoms with E-state index in [1.807, 2.05) is 0 Å². The molecule has 0 heterocycles. The fourth-order valence-corrected chi connectivity index (χ4v) is 7.07. The molecule has 0 unspecified atom stereocenters. The van der Waals surface area contributed by atoms with E-state index in [4.69, 9.17) is 14.2 Å². The molecule has 0 N–H and O–H groups in total. The van der Waals surface area contributed by atoms with E-state index < -0.39 is 6.10 Å². The van der Waals surface area contributed by atoms with Crippen molar-refractivity contribution in [1.82, 2.24) is 0 Å². The van der Waals surface area contributed by atoms with Crippen molar-refractivity contribution in [2.45, 2.75) is 245 Å². The van der Waals surface area contributed by atoms with Crippen molar-refractivity contribution < 1.29 is 28.6 Å². The van der Waals surface area contributed by atoms with Gasteiger partial charge in [0.15, 0.2) is 6.10 Å². The third-order valence-electron chi connectivity index (χ3n) is 11.1. The van der Waals surface area contributed by atoms with Crippen LogP contribution in [0.5, 0.6) is 0 Å². The van der Waals surface area contributed by atoms with Gasteiger partial charge in [-0.05, 0) is 96.3 Å². The standard InChI is InChI=1S/C59H98O6/c1-4-7-10-13-16-19-22-25-28-29-32-35-38-41-44-47-50-53-59(62)65-56(54-63-57(60)51-48-45-42-39-36-33-30-26-23-20-17-14-11-8-5-2)55-64-58(61)52-49-46-43-40-37-34-31-27-24-21-18-15-12-9-6-3/h8,11,16-17,19-20,25-26,28,30,32,35-36,39,41,44,56H,4-7,9-10,12-15,18,21-24,27,29,31,33-34,37-38,40,42-43,45-55H2,1-3H3/b11-8-,19-16-,20-17-,28-25-,30-26-,35-32-,39-36-,44-41-/t56-/m1/s1. The quantitative estimate of drug-likeness (QED) is 0.0262. The molecule has 0 spiro atoms. The van der Waals surface area contributed by atoms with Gasteiger partial charge < -0.3 is 14.2 Å². The van der Waals surface area contributed by atoms with Gasteiger partial charge in [-0.3, -0.25) is 14.4 Å². The molecule has 0 radical (unpaired) electrons. The number of hydrogen-bond acceptors (Lipinski definition) is 6. The summed E-state index contributed by atoms with van der Waals surface area (Å²) >= 11 is 0. The number of ether oxygens (including phenoxy) is 3. The van der Waals surface area contributed by atoms with Gasteiger partial charge in [-0.2, -0.15) is 0 Å². The molecule has 0 saturated heterocycles. The number of unbranched alkanes of at least 4 members (excludes halogenated alkanes) is 20. The highest BCUT2D eigenvalue weighted by Crippen LogP contribution is 2.15. The largest absolute Gasteiger partial charge is 0.462 e. The summed E-state index contributed by atoms with van der Waals surface area (Å²) in [5.74, 6) is -1.01. The minimum absolute atomic E-state index is 0.112. The van der Waals surface area contributed by atoms with E-state index in [9.17, 15) is 14.4 Å². The van der Waals surface area contributed by atoms with Crippen LogP contribution in [-0.2, 0) is 28.6 Å². The Morgan fingerprint density at radius 3 is 1.02 bits per heavy atom. The second-order valence-electron chi connectivity index (χ2n) is 17.4. The predicted octanol–water partition coefficient (Wildman–Crippen LogP) is 17.8. The Labute approximate surface area is 400 Å². The molecule has 1 atom stereocenters. The monoisotopic (exact) mass is 903 g/mol. The normalized spacial score (nSPS) is 12.8. The van der Waals surface area contributed by atoms with E-state index in [0.717, 1.165) is 83.5 Å². The van der Waals surface area contributed by atoms with Crippen LogP contribution in [0.4, 0.5) is 0 Å². The summed E-state index contributed by atoms with van der Waals surface area (Å²) in [5.41, 5.74) is 0. The van der Waals surface area contributed by atoms with Gasteiger partial charge in [0.25, 0.3) is 0 Å². The first-order chi connectivity index (χ1) is 32.0. The molecule has 0 aromatic heterocycles. The fraction of sp³-hybridized carbons (Fsp3) is 0.678. The molecule has 0 amide bonds. The summed E-state index contributed by atoms with van der Waals surface area (Å²) in [6, 6.07) is 0. The van der Waals surface area contributed by atoms with E-state index in [-0.39, 0.29) is 37.5 Å². The first-order valence-electron chi connectivity index (χ1n) is 26.7. The van der Waals surface area contributed by atoms with Crippen molar-refractivity contribution in [1.29, 1.82) is 0 Å². The van der Waals surface area contributed by atoms with Gasteiger partial charge in [-0.25, -0.2) is 0 Å². The SMILES string of the molecule is CC/C=C\C/C=C\C/C=C\C/C=C\CCCCC(=O)OC[C@H](COC(=O)CCCCCCCCCCCCCCCCC)OC(=O)CCC/C=C\C/C=C\C/C=C\C/C=C\CCCCC. The van der Waals surface area contributed by atoms with Crippen molar-refractivity contribution in [2.75, 3.05) is 13.2 Å². The van der Waals surface area contributed by atoms with Crippen LogP contribution in [0.15, 0.2) is 97.2 Å². The van der Waals surface area contributed by atoms with Crippen LogP contribution < -0.4 is 0 Å². The minimum Gasteiger partial charge on any atom is -0.462 e. The fourth-order valence-electron chi connectivity index (χ4n) is 7.07. The van der Waals surface area contributed by atoms with Gasteiger partial charge in [0.2, 0.25) is 0 Å². The van der Waals surface area contributed by atoms with Crippen LogP contribution in [0.25, 0.3) is 0 Å². The van der Waals surface area contributed by atoms with Crippen LogP contribution in [0, 0.1) is 0 Å². The molecular weight excluding hydrogens is 805 g/mol. The van der Waals surface area contributed by atoms with Gasteiger partial charge in [-0.1, -0.05) is 221 Å². The van der Waals surface area contributed by atoms with E-state index in [1.54, 1.807) is 0 Å². The van der Waals surface area contributed by atoms with Crippen LogP contribution in [-0.4, -0.2) is 37.2 Å². The molecule has 0 aromatic carbocycles. The Morgan fingerprint density at radius 2 is 0.615 bits per heavy atom. The van der Waals surface area contributed by atoms with E-state index in [0.29, 0.717) is 25.7 Å². The Morgan fingerprint density at radius 1 is 0.323 bits per heavy atom. The molecule has 370 valence electrons. The molecule has 0 aromatic rings. The van der Waals surface area contributed by atoms with Crippen molar-refractivity contribution in [3.05, 3.63) is 97.2 Å². The maximum atomic E-state index is 12.8. The van der Waals surface area contributed by atoms with E-state index >= 15 is 0 Å². The second kappa shape index (κ2) is 52.9. The van der Waals surface area contributed by atoms with Crippen LogP contribution in [0.1, 0.15) is 239 Å². The summed E-state index contributed by atoms with van der Waals surface area (Å²) in [6.45, 7) is 6.41. The Balaban J connectivity index is 4.54. The zero-order valence-corrected chi connectivity index (χ0v) is 42.2. The van der Waals surface area contributed by atoms with Crippen molar-refractivity contribution >= 4 is 17.9 Å². The lowest BCUT2D eigenvalue weighted by Crippen LogP contribution is -2.30. The van der Waals surface area contributed by atoms with Crippen molar-refractivity contribution in [3.63, 3.8) is 0 Å². The molecule has 0 aliphatic carbocycles. The lowest BCUT2D eigenvalue weighted by atomic mass is 10.0.